The molecule has 9 heteroatoms. The Labute approximate surface area is 192 Å². The number of piperidine rings is 1. The van der Waals surface area contributed by atoms with Gasteiger partial charge in [0.15, 0.2) is 11.5 Å². The summed E-state index contributed by atoms with van der Waals surface area (Å²) in [7, 11) is 3.12. The van der Waals surface area contributed by atoms with Crippen molar-refractivity contribution in [3.05, 3.63) is 36.4 Å². The summed E-state index contributed by atoms with van der Waals surface area (Å²) in [5.74, 6) is 2.29. The number of hydrogen-bond acceptors (Lipinski definition) is 7. The van der Waals surface area contributed by atoms with Crippen LogP contribution in [0.1, 0.15) is 12.8 Å². The van der Waals surface area contributed by atoms with Crippen LogP contribution in [0.5, 0.6) is 23.0 Å². The molecule has 2 heterocycles. The maximum atomic E-state index is 12.7. The third kappa shape index (κ3) is 5.67. The van der Waals surface area contributed by atoms with Crippen molar-refractivity contribution in [2.24, 2.45) is 5.92 Å². The Balaban J connectivity index is 1.25. The van der Waals surface area contributed by atoms with E-state index in [1.165, 1.54) is 0 Å². The quantitative estimate of drug-likeness (QED) is 0.662. The first-order valence-electron chi connectivity index (χ1n) is 11.0. The lowest BCUT2D eigenvalue weighted by atomic mass is 9.95. The molecule has 2 aliphatic rings. The Hall–Kier alpha value is -3.46. The summed E-state index contributed by atoms with van der Waals surface area (Å²) in [5, 5.41) is 5.86. The van der Waals surface area contributed by atoms with Crippen molar-refractivity contribution in [3.8, 4) is 23.0 Å². The van der Waals surface area contributed by atoms with Crippen molar-refractivity contribution in [2.75, 3.05) is 57.7 Å². The van der Waals surface area contributed by atoms with Crippen LogP contribution < -0.4 is 29.6 Å². The number of benzene rings is 2. The van der Waals surface area contributed by atoms with Gasteiger partial charge < -0.3 is 29.6 Å². The minimum absolute atomic E-state index is 0.0150. The zero-order chi connectivity index (χ0) is 23.2. The lowest BCUT2D eigenvalue weighted by Crippen LogP contribution is -2.41. The van der Waals surface area contributed by atoms with Crippen molar-refractivity contribution in [3.63, 3.8) is 0 Å². The Bertz CT molecular complexity index is 1000. The van der Waals surface area contributed by atoms with E-state index in [9.17, 15) is 9.59 Å². The van der Waals surface area contributed by atoms with E-state index in [0.29, 0.717) is 73.5 Å². The molecule has 0 radical (unpaired) electrons. The van der Waals surface area contributed by atoms with E-state index in [0.717, 1.165) is 0 Å². The molecule has 0 aromatic heterocycles. The molecule has 0 saturated carbocycles. The lowest BCUT2D eigenvalue weighted by molar-refractivity contribution is -0.121. The van der Waals surface area contributed by atoms with E-state index in [1.54, 1.807) is 38.5 Å². The summed E-state index contributed by atoms with van der Waals surface area (Å²) < 4.78 is 21.6. The molecule has 2 aromatic carbocycles. The maximum absolute atomic E-state index is 12.7. The largest absolute Gasteiger partial charge is 0.497 e. The molecule has 0 unspecified atom stereocenters. The minimum atomic E-state index is -0.127. The van der Waals surface area contributed by atoms with Crippen LogP contribution >= 0.6 is 0 Å². The predicted molar refractivity (Wildman–Crippen MR) is 123 cm³/mol. The molecular weight excluding hydrogens is 426 g/mol. The van der Waals surface area contributed by atoms with Crippen LogP contribution in [-0.4, -0.2) is 63.8 Å². The second-order valence-electron chi connectivity index (χ2n) is 8.01. The summed E-state index contributed by atoms with van der Waals surface area (Å²) in [6.07, 6.45) is 1.38. The molecule has 33 heavy (non-hydrogen) atoms. The van der Waals surface area contributed by atoms with Crippen molar-refractivity contribution in [2.45, 2.75) is 12.8 Å². The van der Waals surface area contributed by atoms with Gasteiger partial charge in [0.05, 0.1) is 26.5 Å². The van der Waals surface area contributed by atoms with Gasteiger partial charge in [-0.2, -0.15) is 0 Å². The number of fused-ring (bicyclic) bond motifs is 1. The van der Waals surface area contributed by atoms with Crippen molar-refractivity contribution >= 4 is 23.2 Å². The molecule has 4 rings (SSSR count). The van der Waals surface area contributed by atoms with Crippen molar-refractivity contribution in [1.29, 1.82) is 0 Å². The van der Waals surface area contributed by atoms with Crippen LogP contribution in [0, 0.1) is 5.92 Å². The van der Waals surface area contributed by atoms with Gasteiger partial charge in [0.25, 0.3) is 0 Å². The van der Waals surface area contributed by atoms with Gasteiger partial charge in [0.2, 0.25) is 11.8 Å². The Morgan fingerprint density at radius 2 is 1.73 bits per heavy atom. The summed E-state index contributed by atoms with van der Waals surface area (Å²) >= 11 is 0. The van der Waals surface area contributed by atoms with Crippen molar-refractivity contribution < 1.29 is 28.5 Å². The lowest BCUT2D eigenvalue weighted by Gasteiger charge is -2.30. The SMILES string of the molecule is COc1ccc(NC(=O)CN2CCC(C(=O)Nc3ccc4c(c3)OCCO4)CC2)c(OC)c1. The van der Waals surface area contributed by atoms with E-state index >= 15 is 0 Å². The fourth-order valence-electron chi connectivity index (χ4n) is 4.01. The van der Waals surface area contributed by atoms with E-state index in [1.807, 2.05) is 12.1 Å². The molecule has 0 bridgehead atoms. The second kappa shape index (κ2) is 10.4. The monoisotopic (exact) mass is 455 g/mol. The number of ether oxygens (including phenoxy) is 4. The Kier molecular flexibility index (Phi) is 7.19. The highest BCUT2D eigenvalue weighted by molar-refractivity contribution is 5.94. The molecule has 0 spiro atoms. The van der Waals surface area contributed by atoms with Crippen LogP contribution in [0.25, 0.3) is 0 Å². The average molecular weight is 456 g/mol. The van der Waals surface area contributed by atoms with Gasteiger partial charge in [-0.15, -0.1) is 0 Å². The molecule has 176 valence electrons. The van der Waals surface area contributed by atoms with Crippen LogP contribution in [-0.2, 0) is 9.59 Å². The first-order valence-corrected chi connectivity index (χ1v) is 11.0. The number of anilines is 2. The predicted octanol–water partition coefficient (Wildman–Crippen LogP) is 2.76. The van der Waals surface area contributed by atoms with Gasteiger partial charge in [-0.3, -0.25) is 14.5 Å². The third-order valence-electron chi connectivity index (χ3n) is 5.82. The number of methoxy groups -OCH3 is 2. The molecule has 1 saturated heterocycles. The average Bonchev–Trinajstić information content (AvgIpc) is 2.84. The van der Waals surface area contributed by atoms with Gasteiger partial charge in [-0.25, -0.2) is 0 Å². The molecule has 1 fully saturated rings. The molecular formula is C24H29N3O6. The van der Waals surface area contributed by atoms with E-state index in [2.05, 4.69) is 15.5 Å². The van der Waals surface area contributed by atoms with E-state index < -0.39 is 0 Å². The molecule has 9 nitrogen and oxygen atoms in total. The fourth-order valence-corrected chi connectivity index (χ4v) is 4.01. The van der Waals surface area contributed by atoms with Crippen molar-refractivity contribution in [1.82, 2.24) is 4.90 Å². The molecule has 2 aromatic rings. The minimum Gasteiger partial charge on any atom is -0.497 e. The number of carbonyl (C=O) groups is 2. The second-order valence-corrected chi connectivity index (χ2v) is 8.01. The van der Waals surface area contributed by atoms with Gasteiger partial charge in [0.1, 0.15) is 24.7 Å². The first-order chi connectivity index (χ1) is 16.1. The van der Waals surface area contributed by atoms with Crippen LogP contribution in [0.15, 0.2) is 36.4 Å². The third-order valence-corrected chi connectivity index (χ3v) is 5.82. The van der Waals surface area contributed by atoms with E-state index in [4.69, 9.17) is 18.9 Å². The van der Waals surface area contributed by atoms with Crippen LogP contribution in [0.3, 0.4) is 0 Å². The van der Waals surface area contributed by atoms with Gasteiger partial charge in [-0.05, 0) is 50.2 Å². The topological polar surface area (TPSA) is 98.4 Å². The molecule has 2 amide bonds. The normalized spacial score (nSPS) is 16.1. The van der Waals surface area contributed by atoms with Gasteiger partial charge in [-0.1, -0.05) is 0 Å². The molecule has 0 aliphatic carbocycles. The number of nitrogens with zero attached hydrogens (tertiary/aromatic N) is 1. The maximum Gasteiger partial charge on any atom is 0.238 e. The van der Waals surface area contributed by atoms with Crippen LogP contribution in [0.4, 0.5) is 11.4 Å². The zero-order valence-corrected chi connectivity index (χ0v) is 18.9. The zero-order valence-electron chi connectivity index (χ0n) is 18.9. The molecule has 2 aliphatic heterocycles. The molecule has 0 atom stereocenters. The van der Waals surface area contributed by atoms with Gasteiger partial charge in [0, 0.05) is 23.7 Å². The standard InChI is InChI=1S/C24H29N3O6/c1-30-18-4-5-19(21(14-18)31-2)26-23(28)15-27-9-7-16(8-10-27)24(29)25-17-3-6-20-22(13-17)33-12-11-32-20/h3-6,13-14,16H,7-12,15H2,1-2H3,(H,25,29)(H,26,28). The smallest absolute Gasteiger partial charge is 0.238 e. The number of nitrogens with one attached hydrogen (secondary N) is 2. The Morgan fingerprint density at radius 1 is 0.970 bits per heavy atom. The summed E-state index contributed by atoms with van der Waals surface area (Å²) in [4.78, 5) is 27.3. The number of likely N-dealkylation sites (tertiary alicyclic amines) is 1. The summed E-state index contributed by atoms with van der Waals surface area (Å²) in [6.45, 7) is 2.63. The highest BCUT2D eigenvalue weighted by Crippen LogP contribution is 2.33. The Morgan fingerprint density at radius 3 is 2.45 bits per heavy atom. The number of rotatable bonds is 7. The first kappa shape index (κ1) is 22.7. The number of hydrogen-bond donors (Lipinski definition) is 2. The summed E-state index contributed by atoms with van der Waals surface area (Å²) in [6, 6.07) is 10.7. The number of amides is 2. The van der Waals surface area contributed by atoms with Crippen LogP contribution in [0.2, 0.25) is 0 Å². The fraction of sp³-hybridized carbons (Fsp3) is 0.417. The van der Waals surface area contributed by atoms with E-state index in [-0.39, 0.29) is 24.3 Å². The highest BCUT2D eigenvalue weighted by Gasteiger charge is 2.26. The summed E-state index contributed by atoms with van der Waals surface area (Å²) in [5.41, 5.74) is 1.29. The van der Waals surface area contributed by atoms with Gasteiger partial charge >= 0.3 is 0 Å². The molecule has 2 N–H and O–H groups in total. The highest BCUT2D eigenvalue weighted by atomic mass is 16.6. The number of carbonyl (C=O) groups excluding carboxylic acids is 2.